The van der Waals surface area contributed by atoms with Gasteiger partial charge in [-0.3, -0.25) is 0 Å². The molecule has 1 rings (SSSR count). The summed E-state index contributed by atoms with van der Waals surface area (Å²) in [6.07, 6.45) is 2.58. The molecule has 0 spiro atoms. The number of hydrogen-bond donors (Lipinski definition) is 1. The third kappa shape index (κ3) is 5.55. The van der Waals surface area contributed by atoms with Crippen LogP contribution in [0.5, 0.6) is 0 Å². The fourth-order valence-electron chi connectivity index (χ4n) is 2.48. The molecule has 2 unspecified atom stereocenters. The first-order valence-corrected chi connectivity index (χ1v) is 7.40. The number of benzene rings is 1. The minimum atomic E-state index is -0.529. The zero-order valence-electron chi connectivity index (χ0n) is 12.6. The Bertz CT molecular complexity index is 372. The zero-order chi connectivity index (χ0) is 15.0. The molecule has 1 N–H and O–H groups in total. The molecule has 1 aromatic rings. The van der Waals surface area contributed by atoms with Gasteiger partial charge < -0.3 is 10.1 Å². The van der Waals surface area contributed by atoms with Crippen LogP contribution < -0.4 is 5.32 Å². The van der Waals surface area contributed by atoms with Crippen LogP contribution in [0.15, 0.2) is 18.2 Å². The molecular formula is C16H25F2NO. The van der Waals surface area contributed by atoms with Crippen molar-refractivity contribution in [3.63, 3.8) is 0 Å². The summed E-state index contributed by atoms with van der Waals surface area (Å²) >= 11 is 0. The lowest BCUT2D eigenvalue weighted by Crippen LogP contribution is -2.43. The van der Waals surface area contributed by atoms with E-state index >= 15 is 0 Å². The van der Waals surface area contributed by atoms with Gasteiger partial charge in [-0.05, 0) is 44.0 Å². The maximum absolute atomic E-state index is 13.3. The minimum Gasteiger partial charge on any atom is -0.377 e. The predicted octanol–water partition coefficient (Wildman–Crippen LogP) is 3.69. The molecule has 0 aliphatic heterocycles. The second kappa shape index (κ2) is 9.03. The molecular weight excluding hydrogens is 260 g/mol. The Labute approximate surface area is 120 Å². The van der Waals surface area contributed by atoms with Gasteiger partial charge in [0.05, 0.1) is 6.10 Å². The Balaban J connectivity index is 2.83. The molecule has 0 saturated carbocycles. The highest BCUT2D eigenvalue weighted by molar-refractivity contribution is 5.19. The molecule has 0 aliphatic carbocycles. The third-order valence-corrected chi connectivity index (χ3v) is 3.25. The average Bonchev–Trinajstić information content (AvgIpc) is 2.37. The maximum Gasteiger partial charge on any atom is 0.126 e. The molecule has 20 heavy (non-hydrogen) atoms. The molecule has 4 heteroatoms. The van der Waals surface area contributed by atoms with Crippen molar-refractivity contribution in [2.45, 2.75) is 52.2 Å². The number of ether oxygens (including phenoxy) is 1. The summed E-state index contributed by atoms with van der Waals surface area (Å²) in [5.41, 5.74) is 0.661. The molecule has 2 nitrogen and oxygen atoms in total. The lowest BCUT2D eigenvalue weighted by Gasteiger charge is -2.27. The first-order chi connectivity index (χ1) is 9.60. The first kappa shape index (κ1) is 17.1. The van der Waals surface area contributed by atoms with E-state index in [-0.39, 0.29) is 12.1 Å². The van der Waals surface area contributed by atoms with Crippen molar-refractivity contribution in [2.75, 3.05) is 13.2 Å². The molecule has 0 aromatic heterocycles. The number of nitrogens with one attached hydrogen (secondary N) is 1. The van der Waals surface area contributed by atoms with E-state index in [0.29, 0.717) is 18.6 Å². The monoisotopic (exact) mass is 285 g/mol. The molecule has 0 amide bonds. The molecule has 114 valence electrons. The maximum atomic E-state index is 13.3. The normalized spacial score (nSPS) is 14.2. The predicted molar refractivity (Wildman–Crippen MR) is 77.8 cm³/mol. The van der Waals surface area contributed by atoms with Crippen LogP contribution in [-0.2, 0) is 11.2 Å². The molecule has 2 atom stereocenters. The molecule has 0 fully saturated rings. The Morgan fingerprint density at radius 3 is 2.25 bits per heavy atom. The first-order valence-electron chi connectivity index (χ1n) is 7.40. The van der Waals surface area contributed by atoms with Gasteiger partial charge in [0.25, 0.3) is 0 Å². The third-order valence-electron chi connectivity index (χ3n) is 3.25. The van der Waals surface area contributed by atoms with E-state index < -0.39 is 11.6 Å². The van der Waals surface area contributed by atoms with Crippen LogP contribution >= 0.6 is 0 Å². The van der Waals surface area contributed by atoms with E-state index in [9.17, 15) is 8.78 Å². The van der Waals surface area contributed by atoms with Crippen LogP contribution in [0.1, 0.15) is 39.2 Å². The van der Waals surface area contributed by atoms with Crippen LogP contribution in [0.4, 0.5) is 8.78 Å². The highest BCUT2D eigenvalue weighted by Crippen LogP contribution is 2.15. The summed E-state index contributed by atoms with van der Waals surface area (Å²) in [4.78, 5) is 0. The lowest BCUT2D eigenvalue weighted by atomic mass is 9.98. The molecule has 1 aromatic carbocycles. The summed E-state index contributed by atoms with van der Waals surface area (Å²) < 4.78 is 32.3. The molecule has 0 heterocycles. The van der Waals surface area contributed by atoms with Gasteiger partial charge in [-0.25, -0.2) is 8.78 Å². The van der Waals surface area contributed by atoms with E-state index in [4.69, 9.17) is 4.74 Å². The van der Waals surface area contributed by atoms with E-state index in [0.717, 1.165) is 25.5 Å². The van der Waals surface area contributed by atoms with Crippen molar-refractivity contribution < 1.29 is 13.5 Å². The number of hydrogen-bond acceptors (Lipinski definition) is 2. The largest absolute Gasteiger partial charge is 0.377 e. The topological polar surface area (TPSA) is 21.3 Å². The van der Waals surface area contributed by atoms with Gasteiger partial charge in [0.15, 0.2) is 0 Å². The van der Waals surface area contributed by atoms with Gasteiger partial charge in [-0.15, -0.1) is 0 Å². The second-order valence-electron chi connectivity index (χ2n) is 4.93. The van der Waals surface area contributed by atoms with Gasteiger partial charge in [0, 0.05) is 18.7 Å². The quantitative estimate of drug-likeness (QED) is 0.747. The standard InChI is InChI=1S/C16H25F2NO/c1-4-7-16(20-6-3)15(19-5-2)10-12-8-13(17)11-14(18)9-12/h8-9,11,15-16,19H,4-7,10H2,1-3H3. The van der Waals surface area contributed by atoms with Gasteiger partial charge in [-0.2, -0.15) is 0 Å². The summed E-state index contributed by atoms with van der Waals surface area (Å²) in [7, 11) is 0. The average molecular weight is 285 g/mol. The Morgan fingerprint density at radius 1 is 1.10 bits per heavy atom. The van der Waals surface area contributed by atoms with Gasteiger partial charge >= 0.3 is 0 Å². The van der Waals surface area contributed by atoms with Crippen molar-refractivity contribution in [3.05, 3.63) is 35.4 Å². The zero-order valence-corrected chi connectivity index (χ0v) is 12.6. The van der Waals surface area contributed by atoms with Crippen LogP contribution in [-0.4, -0.2) is 25.3 Å². The minimum absolute atomic E-state index is 0.0660. The van der Waals surface area contributed by atoms with Crippen molar-refractivity contribution in [1.82, 2.24) is 5.32 Å². The fraction of sp³-hybridized carbons (Fsp3) is 0.625. The van der Waals surface area contributed by atoms with E-state index in [1.165, 1.54) is 12.1 Å². The highest BCUT2D eigenvalue weighted by atomic mass is 19.1. The van der Waals surface area contributed by atoms with Crippen LogP contribution in [0, 0.1) is 11.6 Å². The summed E-state index contributed by atoms with van der Waals surface area (Å²) in [5, 5.41) is 3.37. The Hall–Kier alpha value is -1.00. The number of halogens is 2. The Kier molecular flexibility index (Phi) is 7.70. The SMILES string of the molecule is CCCC(OCC)C(Cc1cc(F)cc(F)c1)NCC. The van der Waals surface area contributed by atoms with E-state index in [2.05, 4.69) is 12.2 Å². The second-order valence-corrected chi connectivity index (χ2v) is 4.93. The van der Waals surface area contributed by atoms with Gasteiger partial charge in [-0.1, -0.05) is 20.3 Å². The van der Waals surface area contributed by atoms with E-state index in [1.807, 2.05) is 13.8 Å². The van der Waals surface area contributed by atoms with Crippen LogP contribution in [0.25, 0.3) is 0 Å². The van der Waals surface area contributed by atoms with Gasteiger partial charge in [0.2, 0.25) is 0 Å². The van der Waals surface area contributed by atoms with Gasteiger partial charge in [0.1, 0.15) is 11.6 Å². The van der Waals surface area contributed by atoms with Crippen LogP contribution in [0.3, 0.4) is 0 Å². The van der Waals surface area contributed by atoms with Crippen molar-refractivity contribution in [3.8, 4) is 0 Å². The molecule has 0 aliphatic rings. The molecule has 0 radical (unpaired) electrons. The lowest BCUT2D eigenvalue weighted by molar-refractivity contribution is 0.0285. The summed E-state index contributed by atoms with van der Waals surface area (Å²) in [6.45, 7) is 7.54. The number of likely N-dealkylation sites (N-methyl/N-ethyl adjacent to an activating group) is 1. The fourth-order valence-corrected chi connectivity index (χ4v) is 2.48. The Morgan fingerprint density at radius 2 is 1.75 bits per heavy atom. The van der Waals surface area contributed by atoms with Crippen molar-refractivity contribution in [2.24, 2.45) is 0 Å². The number of rotatable bonds is 9. The summed E-state index contributed by atoms with van der Waals surface area (Å²) in [5.74, 6) is -1.06. The molecule has 0 bridgehead atoms. The van der Waals surface area contributed by atoms with Crippen molar-refractivity contribution in [1.29, 1.82) is 0 Å². The highest BCUT2D eigenvalue weighted by Gasteiger charge is 2.21. The smallest absolute Gasteiger partial charge is 0.126 e. The van der Waals surface area contributed by atoms with Crippen molar-refractivity contribution >= 4 is 0 Å². The van der Waals surface area contributed by atoms with E-state index in [1.54, 1.807) is 0 Å². The summed E-state index contributed by atoms with van der Waals surface area (Å²) in [6, 6.07) is 3.75. The molecule has 0 saturated heterocycles. The van der Waals surface area contributed by atoms with Crippen LogP contribution in [0.2, 0.25) is 0 Å².